The molecule has 0 atom stereocenters. The van der Waals surface area contributed by atoms with Gasteiger partial charge >= 0.3 is 139 Å². The van der Waals surface area contributed by atoms with Crippen molar-refractivity contribution in [1.29, 1.82) is 0 Å². The standard InChI is InChI=1S/C13H8I2.Zr/c14-12-5-1-10(2-6-12)9-11-3-7-13(15)8-4-11;/h1-8H;/q;+2. The Hall–Kier alpha value is 0.653. The summed E-state index contributed by atoms with van der Waals surface area (Å²) in [7, 11) is 0. The van der Waals surface area contributed by atoms with Crippen LogP contribution in [-0.2, 0) is 24.2 Å². The van der Waals surface area contributed by atoms with Crippen LogP contribution in [0.4, 0.5) is 0 Å². The molecular weight excluding hydrogens is 501 g/mol. The third kappa shape index (κ3) is 3.33. The van der Waals surface area contributed by atoms with E-state index >= 15 is 0 Å². The van der Waals surface area contributed by atoms with Crippen molar-refractivity contribution in [3.63, 3.8) is 0 Å². The van der Waals surface area contributed by atoms with E-state index in [1.807, 2.05) is 0 Å². The molecule has 0 aromatic heterocycles. The van der Waals surface area contributed by atoms with E-state index in [0.29, 0.717) is 0 Å². The van der Waals surface area contributed by atoms with Gasteiger partial charge in [0.2, 0.25) is 0 Å². The number of rotatable bonds is 2. The molecule has 0 spiro atoms. The maximum atomic E-state index is 2.34. The summed E-state index contributed by atoms with van der Waals surface area (Å²) in [4.78, 5) is 0. The number of halogens is 2. The molecule has 0 saturated carbocycles. The van der Waals surface area contributed by atoms with Gasteiger partial charge in [-0.25, -0.2) is 0 Å². The average Bonchev–Trinajstić information content (AvgIpc) is 2.30. The van der Waals surface area contributed by atoms with Crippen LogP contribution in [0.2, 0.25) is 0 Å². The summed E-state index contributed by atoms with van der Waals surface area (Å²) in [6.45, 7) is 0. The third-order valence-electron chi connectivity index (χ3n) is 2.27. The van der Waals surface area contributed by atoms with Gasteiger partial charge in [-0.15, -0.1) is 0 Å². The molecule has 0 bridgehead atoms. The van der Waals surface area contributed by atoms with E-state index in [-0.39, 0.29) is 0 Å². The molecule has 76 valence electrons. The van der Waals surface area contributed by atoms with Crippen LogP contribution in [0, 0.1) is 7.14 Å². The number of hydrogen-bond acceptors (Lipinski definition) is 0. The topological polar surface area (TPSA) is 0 Å². The first-order valence-electron chi connectivity index (χ1n) is 4.77. The molecule has 0 radical (unpaired) electrons. The van der Waals surface area contributed by atoms with Gasteiger partial charge in [-0.2, -0.15) is 0 Å². The monoisotopic (exact) mass is 508 g/mol. The first kappa shape index (κ1) is 13.1. The summed E-state index contributed by atoms with van der Waals surface area (Å²) >= 11 is 6.13. The fourth-order valence-corrected chi connectivity index (χ4v) is 2.94. The average molecular weight is 509 g/mol. The zero-order valence-electron chi connectivity index (χ0n) is 8.37. The van der Waals surface area contributed by atoms with Crippen LogP contribution in [0.3, 0.4) is 0 Å². The Labute approximate surface area is 137 Å². The fourth-order valence-electron chi connectivity index (χ4n) is 1.40. The van der Waals surface area contributed by atoms with Crippen LogP contribution < -0.4 is 0 Å². The molecule has 0 aliphatic heterocycles. The van der Waals surface area contributed by atoms with Crippen molar-refractivity contribution in [1.82, 2.24) is 0 Å². The van der Waals surface area contributed by atoms with Crippen molar-refractivity contribution in [2.24, 2.45) is 0 Å². The van der Waals surface area contributed by atoms with Crippen molar-refractivity contribution in [3.8, 4) is 0 Å². The summed E-state index contributed by atoms with van der Waals surface area (Å²) in [5.41, 5.74) is 2.67. The van der Waals surface area contributed by atoms with Crippen molar-refractivity contribution in [3.05, 3.63) is 66.8 Å². The van der Waals surface area contributed by atoms with Crippen molar-refractivity contribution in [2.45, 2.75) is 0 Å². The Morgan fingerprint density at radius 1 is 0.688 bits per heavy atom. The zero-order chi connectivity index (χ0) is 11.5. The SMILES string of the molecule is [Zr+2]=[C](c1ccc(I)cc1)c1ccc(I)cc1. The molecular formula is C13H8I2Zr+2. The first-order valence-corrected chi connectivity index (χ1v) is 8.16. The summed E-state index contributed by atoms with van der Waals surface area (Å²) in [6, 6.07) is 17.4. The Kier molecular flexibility index (Phi) is 4.92. The van der Waals surface area contributed by atoms with Crippen LogP contribution in [-0.4, -0.2) is 3.21 Å². The molecule has 0 saturated heterocycles. The van der Waals surface area contributed by atoms with Gasteiger partial charge < -0.3 is 0 Å². The van der Waals surface area contributed by atoms with Crippen LogP contribution in [0.25, 0.3) is 0 Å². The Bertz CT molecular complexity index is 453. The van der Waals surface area contributed by atoms with Gasteiger partial charge in [-0.3, -0.25) is 0 Å². The Balaban J connectivity index is 2.32. The van der Waals surface area contributed by atoms with E-state index in [2.05, 4.69) is 93.7 Å². The normalized spacial score (nSPS) is 10.2. The molecule has 0 N–H and O–H groups in total. The molecule has 2 aromatic carbocycles. The van der Waals surface area contributed by atoms with Gasteiger partial charge in [0.05, 0.1) is 0 Å². The molecule has 0 aliphatic rings. The van der Waals surface area contributed by atoms with Crippen LogP contribution >= 0.6 is 45.2 Å². The summed E-state index contributed by atoms with van der Waals surface area (Å²) < 4.78 is 3.99. The first-order chi connectivity index (χ1) is 7.66. The molecule has 16 heavy (non-hydrogen) atoms. The predicted octanol–water partition coefficient (Wildman–Crippen LogP) is 4.01. The predicted molar refractivity (Wildman–Crippen MR) is 81.5 cm³/mol. The Morgan fingerprint density at radius 2 is 1.00 bits per heavy atom. The molecule has 2 rings (SSSR count). The molecule has 0 fully saturated rings. The van der Waals surface area contributed by atoms with E-state index in [0.717, 1.165) is 0 Å². The van der Waals surface area contributed by atoms with Crippen LogP contribution in [0.1, 0.15) is 11.1 Å². The van der Waals surface area contributed by atoms with Gasteiger partial charge in [-0.1, -0.05) is 0 Å². The van der Waals surface area contributed by atoms with E-state index in [1.165, 1.54) is 45.7 Å². The molecule has 0 heterocycles. The van der Waals surface area contributed by atoms with Gasteiger partial charge in [0.25, 0.3) is 0 Å². The Morgan fingerprint density at radius 3 is 1.31 bits per heavy atom. The van der Waals surface area contributed by atoms with Gasteiger partial charge in [0.15, 0.2) is 0 Å². The molecule has 0 amide bonds. The van der Waals surface area contributed by atoms with Gasteiger partial charge in [0, 0.05) is 0 Å². The van der Waals surface area contributed by atoms with E-state index in [1.54, 1.807) is 0 Å². The minimum absolute atomic E-state index is 1.28. The van der Waals surface area contributed by atoms with Crippen LogP contribution in [0.5, 0.6) is 0 Å². The van der Waals surface area contributed by atoms with Crippen molar-refractivity contribution in [2.75, 3.05) is 0 Å². The number of benzene rings is 2. The maximum absolute atomic E-state index is 2.34. The second-order valence-electron chi connectivity index (χ2n) is 3.39. The van der Waals surface area contributed by atoms with Crippen molar-refractivity contribution < 1.29 is 24.2 Å². The molecule has 0 unspecified atom stereocenters. The molecule has 3 heteroatoms. The zero-order valence-corrected chi connectivity index (χ0v) is 15.1. The summed E-state index contributed by atoms with van der Waals surface area (Å²) in [6.07, 6.45) is 0. The minimum atomic E-state index is 1.28. The second-order valence-corrected chi connectivity index (χ2v) is 7.11. The van der Waals surface area contributed by atoms with Crippen molar-refractivity contribution >= 4 is 48.4 Å². The molecule has 0 nitrogen and oxygen atoms in total. The van der Waals surface area contributed by atoms with Crippen LogP contribution in [0.15, 0.2) is 48.5 Å². The van der Waals surface area contributed by atoms with E-state index in [9.17, 15) is 0 Å². The van der Waals surface area contributed by atoms with Gasteiger partial charge in [-0.05, 0) is 0 Å². The number of hydrogen-bond donors (Lipinski definition) is 0. The summed E-state index contributed by atoms with van der Waals surface area (Å²) in [5, 5.41) is 0. The fraction of sp³-hybridized carbons (Fsp3) is 0. The van der Waals surface area contributed by atoms with Gasteiger partial charge in [0.1, 0.15) is 0 Å². The molecule has 0 aliphatic carbocycles. The summed E-state index contributed by atoms with van der Waals surface area (Å²) in [5.74, 6) is 0. The quantitative estimate of drug-likeness (QED) is 0.538. The van der Waals surface area contributed by atoms with E-state index in [4.69, 9.17) is 0 Å². The third-order valence-corrected chi connectivity index (χ3v) is 5.12. The van der Waals surface area contributed by atoms with E-state index < -0.39 is 0 Å². The molecule has 2 aromatic rings. The second kappa shape index (κ2) is 6.01.